The summed E-state index contributed by atoms with van der Waals surface area (Å²) in [6.45, 7) is 7.20. The summed E-state index contributed by atoms with van der Waals surface area (Å²) < 4.78 is 5.20. The van der Waals surface area contributed by atoms with Crippen molar-refractivity contribution in [1.29, 1.82) is 0 Å². The van der Waals surface area contributed by atoms with Crippen LogP contribution in [0.15, 0.2) is 24.3 Å². The highest BCUT2D eigenvalue weighted by Crippen LogP contribution is 2.29. The lowest BCUT2D eigenvalue weighted by Gasteiger charge is -2.24. The van der Waals surface area contributed by atoms with Crippen LogP contribution >= 0.6 is 0 Å². The Kier molecular flexibility index (Phi) is 5.23. The van der Waals surface area contributed by atoms with Crippen molar-refractivity contribution in [3.8, 4) is 5.75 Å². The number of methoxy groups -OCH3 is 1. The highest BCUT2D eigenvalue weighted by molar-refractivity contribution is 5.84. The molecule has 1 aliphatic rings. The van der Waals surface area contributed by atoms with Crippen LogP contribution in [-0.4, -0.2) is 30.5 Å². The number of rotatable bonds is 6. The van der Waals surface area contributed by atoms with Crippen molar-refractivity contribution in [2.24, 2.45) is 5.92 Å². The minimum atomic E-state index is -0.0661. The van der Waals surface area contributed by atoms with Crippen LogP contribution in [0.2, 0.25) is 0 Å². The molecule has 0 radical (unpaired) electrons. The van der Waals surface area contributed by atoms with Gasteiger partial charge in [0.05, 0.1) is 13.2 Å². The molecule has 4 nitrogen and oxygen atoms in total. The van der Waals surface area contributed by atoms with Gasteiger partial charge in [-0.05, 0) is 36.5 Å². The molecule has 1 saturated heterocycles. The second-order valence-corrected chi connectivity index (χ2v) is 6.06. The van der Waals surface area contributed by atoms with Crippen molar-refractivity contribution in [3.63, 3.8) is 0 Å². The molecular formula is C17H26N2O2. The summed E-state index contributed by atoms with van der Waals surface area (Å²) in [6.07, 6.45) is 1.83. The summed E-state index contributed by atoms with van der Waals surface area (Å²) in [6, 6.07) is 7.89. The van der Waals surface area contributed by atoms with Crippen LogP contribution < -0.4 is 10.1 Å². The molecule has 2 unspecified atom stereocenters. The van der Waals surface area contributed by atoms with E-state index in [0.29, 0.717) is 5.92 Å². The molecule has 21 heavy (non-hydrogen) atoms. The molecule has 0 bridgehead atoms. The van der Waals surface area contributed by atoms with Gasteiger partial charge in [0.25, 0.3) is 0 Å². The minimum Gasteiger partial charge on any atom is -0.497 e. The molecule has 0 aliphatic carbocycles. The van der Waals surface area contributed by atoms with Crippen LogP contribution in [0.5, 0.6) is 5.75 Å². The van der Waals surface area contributed by atoms with Crippen LogP contribution in [0.4, 0.5) is 0 Å². The molecule has 1 aromatic carbocycles. The largest absolute Gasteiger partial charge is 0.497 e. The number of amides is 1. The van der Waals surface area contributed by atoms with Gasteiger partial charge in [-0.1, -0.05) is 32.9 Å². The first-order valence-electron chi connectivity index (χ1n) is 7.77. The van der Waals surface area contributed by atoms with Crippen LogP contribution in [0.1, 0.15) is 45.3 Å². The highest BCUT2D eigenvalue weighted by atomic mass is 16.5. The van der Waals surface area contributed by atoms with Crippen molar-refractivity contribution in [3.05, 3.63) is 29.8 Å². The van der Waals surface area contributed by atoms with Gasteiger partial charge in [0, 0.05) is 6.54 Å². The zero-order valence-electron chi connectivity index (χ0n) is 13.4. The molecule has 0 spiro atoms. The summed E-state index contributed by atoms with van der Waals surface area (Å²) >= 11 is 0. The van der Waals surface area contributed by atoms with E-state index in [1.807, 2.05) is 29.2 Å². The lowest BCUT2D eigenvalue weighted by Crippen LogP contribution is -2.32. The smallest absolute Gasteiger partial charge is 0.241 e. The van der Waals surface area contributed by atoms with Gasteiger partial charge in [-0.3, -0.25) is 10.1 Å². The minimum absolute atomic E-state index is 0.0212. The zero-order chi connectivity index (χ0) is 15.4. The molecule has 1 N–H and O–H groups in total. The summed E-state index contributed by atoms with van der Waals surface area (Å²) in [5, 5.41) is 3.50. The van der Waals surface area contributed by atoms with E-state index in [9.17, 15) is 4.79 Å². The number of nitrogens with one attached hydrogen (secondary N) is 1. The Morgan fingerprint density at radius 3 is 2.48 bits per heavy atom. The van der Waals surface area contributed by atoms with E-state index >= 15 is 0 Å². The van der Waals surface area contributed by atoms with Gasteiger partial charge in [0.15, 0.2) is 0 Å². The number of carbonyl (C=O) groups is 1. The summed E-state index contributed by atoms with van der Waals surface area (Å²) in [5.74, 6) is 1.57. The number of hydrogen-bond donors (Lipinski definition) is 1. The predicted molar refractivity (Wildman–Crippen MR) is 84.1 cm³/mol. The van der Waals surface area contributed by atoms with Crippen LogP contribution in [-0.2, 0) is 4.79 Å². The van der Waals surface area contributed by atoms with Gasteiger partial charge >= 0.3 is 0 Å². The Hall–Kier alpha value is -1.55. The highest BCUT2D eigenvalue weighted by Gasteiger charge is 2.38. The number of hydrogen-bond acceptors (Lipinski definition) is 3. The summed E-state index contributed by atoms with van der Waals surface area (Å²) in [7, 11) is 1.66. The first kappa shape index (κ1) is 15.8. The van der Waals surface area contributed by atoms with E-state index < -0.39 is 0 Å². The molecule has 1 aliphatic heterocycles. The summed E-state index contributed by atoms with van der Waals surface area (Å²) in [4.78, 5) is 14.5. The maximum Gasteiger partial charge on any atom is 0.241 e. The van der Waals surface area contributed by atoms with Gasteiger partial charge in [-0.15, -0.1) is 0 Å². The Morgan fingerprint density at radius 2 is 1.95 bits per heavy atom. The number of ether oxygens (including phenoxy) is 1. The lowest BCUT2D eigenvalue weighted by molar-refractivity contribution is -0.130. The van der Waals surface area contributed by atoms with Crippen molar-refractivity contribution in [1.82, 2.24) is 10.2 Å². The molecular weight excluding hydrogens is 264 g/mol. The third kappa shape index (κ3) is 3.56. The molecule has 2 atom stereocenters. The quantitative estimate of drug-likeness (QED) is 0.876. The number of carbonyl (C=O) groups excluding carboxylic acids is 1. The Morgan fingerprint density at radius 1 is 1.29 bits per heavy atom. The predicted octanol–water partition coefficient (Wildman–Crippen LogP) is 2.95. The molecule has 1 heterocycles. The SMILES string of the molecule is CCCN1C(=O)C(CC(C)C)NC1c1ccc(OC)cc1. The third-order valence-corrected chi connectivity index (χ3v) is 3.86. The number of benzene rings is 1. The fourth-order valence-electron chi connectivity index (χ4n) is 2.86. The lowest BCUT2D eigenvalue weighted by atomic mass is 10.0. The van der Waals surface area contributed by atoms with E-state index in [2.05, 4.69) is 26.1 Å². The first-order chi connectivity index (χ1) is 10.1. The van der Waals surface area contributed by atoms with Gasteiger partial charge in [-0.25, -0.2) is 0 Å². The molecule has 116 valence electrons. The monoisotopic (exact) mass is 290 g/mol. The fraction of sp³-hybridized carbons (Fsp3) is 0.588. The number of nitrogens with zero attached hydrogens (tertiary/aromatic N) is 1. The van der Waals surface area contributed by atoms with Gasteiger partial charge in [0.2, 0.25) is 5.91 Å². The Bertz CT molecular complexity index is 470. The molecule has 1 fully saturated rings. The molecule has 0 saturated carbocycles. The molecule has 0 aromatic heterocycles. The zero-order valence-corrected chi connectivity index (χ0v) is 13.4. The van der Waals surface area contributed by atoms with Gasteiger partial charge in [0.1, 0.15) is 11.9 Å². The normalized spacial score (nSPS) is 22.1. The Balaban J connectivity index is 2.20. The van der Waals surface area contributed by atoms with E-state index in [1.54, 1.807) is 7.11 Å². The second kappa shape index (κ2) is 6.94. The molecule has 1 aromatic rings. The van der Waals surface area contributed by atoms with E-state index in [-0.39, 0.29) is 18.1 Å². The summed E-state index contributed by atoms with van der Waals surface area (Å²) in [5.41, 5.74) is 1.11. The standard InChI is InChI=1S/C17H26N2O2/c1-5-10-19-16(13-6-8-14(21-4)9-7-13)18-15(17(19)20)11-12(2)3/h6-9,12,15-16,18H,5,10-11H2,1-4H3. The van der Waals surface area contributed by atoms with Crippen molar-refractivity contribution in [2.75, 3.05) is 13.7 Å². The van der Waals surface area contributed by atoms with Gasteiger partial charge < -0.3 is 9.64 Å². The van der Waals surface area contributed by atoms with Crippen LogP contribution in [0, 0.1) is 5.92 Å². The van der Waals surface area contributed by atoms with Gasteiger partial charge in [-0.2, -0.15) is 0 Å². The van der Waals surface area contributed by atoms with Crippen LogP contribution in [0.25, 0.3) is 0 Å². The maximum absolute atomic E-state index is 12.6. The van der Waals surface area contributed by atoms with Crippen molar-refractivity contribution in [2.45, 2.75) is 45.8 Å². The molecule has 1 amide bonds. The molecule has 4 heteroatoms. The fourth-order valence-corrected chi connectivity index (χ4v) is 2.86. The maximum atomic E-state index is 12.6. The van der Waals surface area contributed by atoms with Crippen molar-refractivity contribution >= 4 is 5.91 Å². The van der Waals surface area contributed by atoms with Crippen LogP contribution in [0.3, 0.4) is 0 Å². The van der Waals surface area contributed by atoms with E-state index in [1.165, 1.54) is 0 Å². The average Bonchev–Trinajstić information content (AvgIpc) is 2.76. The first-order valence-corrected chi connectivity index (χ1v) is 7.77. The third-order valence-electron chi connectivity index (χ3n) is 3.86. The van der Waals surface area contributed by atoms with E-state index in [0.717, 1.165) is 30.7 Å². The topological polar surface area (TPSA) is 41.6 Å². The second-order valence-electron chi connectivity index (χ2n) is 6.06. The Labute approximate surface area is 127 Å². The molecule has 2 rings (SSSR count). The van der Waals surface area contributed by atoms with Crippen molar-refractivity contribution < 1.29 is 9.53 Å². The van der Waals surface area contributed by atoms with E-state index in [4.69, 9.17) is 4.74 Å². The average molecular weight is 290 g/mol.